The Bertz CT molecular complexity index is 1550. The first-order chi connectivity index (χ1) is 24.7. The molecule has 0 bridgehead atoms. The van der Waals surface area contributed by atoms with Crippen molar-refractivity contribution < 1.29 is 28.2 Å². The molecule has 2 aromatic carbocycles. The summed E-state index contributed by atoms with van der Waals surface area (Å²) in [7, 11) is 0. The van der Waals surface area contributed by atoms with E-state index in [4.69, 9.17) is 15.9 Å². The zero-order valence-electron chi connectivity index (χ0n) is 31.7. The van der Waals surface area contributed by atoms with E-state index < -0.39 is 23.2 Å². The highest BCUT2D eigenvalue weighted by atomic mass is 19.1. The number of halogens is 1. The van der Waals surface area contributed by atoms with E-state index in [0.29, 0.717) is 35.7 Å². The Hall–Kier alpha value is -3.83. The van der Waals surface area contributed by atoms with E-state index in [0.717, 1.165) is 56.9 Å². The largest absolute Gasteiger partial charge is 0.633 e. The number of unbranched alkanes of at least 4 members (excludes halogenated alkanes) is 9. The average molecular weight is 722 g/mol. The number of amides is 3. The minimum Gasteiger partial charge on any atom is -0.633 e. The first-order valence-corrected chi connectivity index (χ1v) is 19.3. The minimum absolute atomic E-state index is 0.0675. The maximum absolute atomic E-state index is 15.0. The number of rotatable bonds is 19. The van der Waals surface area contributed by atoms with Gasteiger partial charge in [0.2, 0.25) is 5.91 Å². The summed E-state index contributed by atoms with van der Waals surface area (Å²) in [5.74, 6) is -0.927. The van der Waals surface area contributed by atoms with Gasteiger partial charge in [0, 0.05) is 24.2 Å². The summed E-state index contributed by atoms with van der Waals surface area (Å²) in [4.78, 5) is 39.1. The van der Waals surface area contributed by atoms with Crippen LogP contribution in [0.4, 0.5) is 9.18 Å². The van der Waals surface area contributed by atoms with Crippen molar-refractivity contribution in [3.05, 3.63) is 75.2 Å². The molecule has 3 amide bonds. The Morgan fingerprint density at radius 2 is 1.56 bits per heavy atom. The van der Waals surface area contributed by atoms with Crippen molar-refractivity contribution >= 4 is 23.6 Å². The van der Waals surface area contributed by atoms with Crippen molar-refractivity contribution in [1.82, 2.24) is 10.2 Å². The number of carbonyl (C=O) groups excluding carboxylic acids is 3. The van der Waals surface area contributed by atoms with Gasteiger partial charge in [-0.1, -0.05) is 76.1 Å². The molecule has 1 heterocycles. The Morgan fingerprint density at radius 3 is 2.13 bits per heavy atom. The molecule has 1 aliphatic carbocycles. The number of primary amides is 1. The van der Waals surface area contributed by atoms with Crippen molar-refractivity contribution in [2.24, 2.45) is 11.7 Å². The Morgan fingerprint density at radius 1 is 0.962 bits per heavy atom. The van der Waals surface area contributed by atoms with Gasteiger partial charge in [0.25, 0.3) is 5.91 Å². The SMILES string of the molecule is CC1C[C@@H]1c1cccc(C(=N)Cc2ccc(F)c(C(=O)N3CC[N+]([O-])(CCCCCCCCCCCCNC(=O)OC(C)(C)C)CC3)c2)c1C(N)=O. The van der Waals surface area contributed by atoms with Gasteiger partial charge in [-0.05, 0) is 81.5 Å². The number of benzene rings is 2. The number of alkyl carbamates (subject to hydrolysis) is 1. The number of hydrogen-bond acceptors (Lipinski definition) is 6. The highest BCUT2D eigenvalue weighted by molar-refractivity contribution is 6.10. The molecule has 4 N–H and O–H groups in total. The first kappa shape index (κ1) is 40.9. The number of quaternary nitrogens is 1. The van der Waals surface area contributed by atoms with E-state index >= 15 is 0 Å². The number of hydroxylamine groups is 3. The molecule has 2 fully saturated rings. The highest BCUT2D eigenvalue weighted by Gasteiger charge is 2.37. The summed E-state index contributed by atoms with van der Waals surface area (Å²) < 4.78 is 19.9. The average Bonchev–Trinajstić information content (AvgIpc) is 3.82. The number of piperazine rings is 1. The molecule has 1 aliphatic heterocycles. The van der Waals surface area contributed by atoms with Crippen molar-refractivity contribution in [3.8, 4) is 0 Å². The molecular formula is C41H60FN5O5. The zero-order valence-corrected chi connectivity index (χ0v) is 31.7. The zero-order chi connectivity index (χ0) is 37.9. The molecule has 0 aromatic heterocycles. The van der Waals surface area contributed by atoms with Crippen LogP contribution in [0.5, 0.6) is 0 Å². The quantitative estimate of drug-likeness (QED) is 0.0585. The van der Waals surface area contributed by atoms with Gasteiger partial charge in [-0.25, -0.2) is 9.18 Å². The third-order valence-electron chi connectivity index (χ3n) is 10.3. The van der Waals surface area contributed by atoms with Gasteiger partial charge in [-0.15, -0.1) is 0 Å². The third kappa shape index (κ3) is 12.4. The van der Waals surface area contributed by atoms with Crippen LogP contribution in [-0.2, 0) is 11.2 Å². The van der Waals surface area contributed by atoms with Crippen molar-refractivity contribution in [3.63, 3.8) is 0 Å². The monoisotopic (exact) mass is 721 g/mol. The van der Waals surface area contributed by atoms with Crippen molar-refractivity contribution in [2.45, 2.75) is 116 Å². The Balaban J connectivity index is 1.13. The standard InChI is InChI=1S/C41H60FN5O5/c1-29-26-33(29)31-16-15-17-32(37(31)38(44)48)36(43)28-30-18-19-35(42)34(27-30)39(49)46-21-24-47(51,25-22-46)23-14-12-10-8-6-5-7-9-11-13-20-45-40(50)52-41(2,3)4/h15-19,27,29,33,43H,5-14,20-26,28H2,1-4H3,(H2,44,48)(H,45,50)/t29?,33-/m0/s1. The summed E-state index contributed by atoms with van der Waals surface area (Å²) in [5.41, 5.74) is 7.71. The predicted molar refractivity (Wildman–Crippen MR) is 203 cm³/mol. The van der Waals surface area contributed by atoms with Crippen LogP contribution in [0.2, 0.25) is 0 Å². The smallest absolute Gasteiger partial charge is 0.407 e. The molecule has 0 spiro atoms. The third-order valence-corrected chi connectivity index (χ3v) is 10.3. The molecule has 1 saturated carbocycles. The molecule has 286 valence electrons. The molecule has 2 atom stereocenters. The lowest BCUT2D eigenvalue weighted by Crippen LogP contribution is -2.57. The molecule has 0 radical (unpaired) electrons. The van der Waals surface area contributed by atoms with E-state index in [1.54, 1.807) is 17.0 Å². The fourth-order valence-corrected chi connectivity index (χ4v) is 7.18. The molecule has 2 aliphatic rings. The number of nitrogens with two attached hydrogens (primary N) is 1. The van der Waals surface area contributed by atoms with E-state index in [1.807, 2.05) is 32.9 Å². The second-order valence-corrected chi connectivity index (χ2v) is 15.9. The van der Waals surface area contributed by atoms with Crippen LogP contribution in [0.1, 0.15) is 142 Å². The summed E-state index contributed by atoms with van der Waals surface area (Å²) >= 11 is 0. The molecule has 11 heteroatoms. The van der Waals surface area contributed by atoms with E-state index in [9.17, 15) is 24.0 Å². The van der Waals surface area contributed by atoms with Crippen LogP contribution in [0.3, 0.4) is 0 Å². The lowest BCUT2D eigenvalue weighted by Gasteiger charge is -2.48. The molecule has 1 unspecified atom stereocenters. The van der Waals surface area contributed by atoms with Crippen LogP contribution in [0, 0.1) is 22.4 Å². The van der Waals surface area contributed by atoms with Gasteiger partial charge < -0.3 is 36.0 Å². The molecule has 1 saturated heterocycles. The first-order valence-electron chi connectivity index (χ1n) is 19.3. The van der Waals surface area contributed by atoms with E-state index in [-0.39, 0.29) is 60.5 Å². The van der Waals surface area contributed by atoms with Crippen molar-refractivity contribution in [1.29, 1.82) is 5.41 Å². The maximum atomic E-state index is 15.0. The van der Waals surface area contributed by atoms with Gasteiger partial charge in [0.15, 0.2) is 0 Å². The van der Waals surface area contributed by atoms with Crippen molar-refractivity contribution in [2.75, 3.05) is 39.3 Å². The molecule has 4 rings (SSSR count). The fraction of sp³-hybridized carbons (Fsp3) is 0.610. The molecule has 10 nitrogen and oxygen atoms in total. The van der Waals surface area contributed by atoms with Crippen LogP contribution >= 0.6 is 0 Å². The predicted octanol–water partition coefficient (Wildman–Crippen LogP) is 7.85. The molecule has 2 aromatic rings. The van der Waals surface area contributed by atoms with Gasteiger partial charge in [-0.2, -0.15) is 0 Å². The highest BCUT2D eigenvalue weighted by Crippen LogP contribution is 2.48. The van der Waals surface area contributed by atoms with Crippen LogP contribution in [0.25, 0.3) is 0 Å². The molecule has 52 heavy (non-hydrogen) atoms. The van der Waals surface area contributed by atoms with Gasteiger partial charge in [-0.3, -0.25) is 9.59 Å². The minimum atomic E-state index is -0.635. The summed E-state index contributed by atoms with van der Waals surface area (Å²) in [5, 5.41) is 25.0. The molecular weight excluding hydrogens is 661 g/mol. The topological polar surface area (TPSA) is 149 Å². The lowest BCUT2D eigenvalue weighted by molar-refractivity contribution is -0.884. The van der Waals surface area contributed by atoms with Crippen LogP contribution < -0.4 is 11.1 Å². The normalized spacial score (nSPS) is 18.2. The number of nitrogens with zero attached hydrogens (tertiary/aromatic N) is 2. The second kappa shape index (κ2) is 18.8. The number of hydrogen-bond donors (Lipinski definition) is 3. The summed E-state index contributed by atoms with van der Waals surface area (Å²) in [6.07, 6.45) is 11.6. The van der Waals surface area contributed by atoms with Gasteiger partial charge >= 0.3 is 6.09 Å². The Labute approximate surface area is 309 Å². The Kier molecular flexibility index (Phi) is 14.8. The number of nitrogens with one attached hydrogen (secondary N) is 2. The van der Waals surface area contributed by atoms with Gasteiger partial charge in [0.1, 0.15) is 11.4 Å². The van der Waals surface area contributed by atoms with Crippen LogP contribution in [-0.4, -0.2) is 78.0 Å². The number of ether oxygens (including phenoxy) is 1. The van der Waals surface area contributed by atoms with Gasteiger partial charge in [0.05, 0.1) is 43.9 Å². The van der Waals surface area contributed by atoms with E-state index in [2.05, 4.69) is 12.2 Å². The maximum Gasteiger partial charge on any atom is 0.407 e. The summed E-state index contributed by atoms with van der Waals surface area (Å²) in [6, 6.07) is 9.76. The number of carbonyl (C=O) groups is 3. The fourth-order valence-electron chi connectivity index (χ4n) is 7.18. The second-order valence-electron chi connectivity index (χ2n) is 15.9. The lowest BCUT2D eigenvalue weighted by atomic mass is 9.91. The summed E-state index contributed by atoms with van der Waals surface area (Å²) in [6.45, 7) is 9.97. The van der Waals surface area contributed by atoms with Crippen LogP contribution in [0.15, 0.2) is 36.4 Å². The van der Waals surface area contributed by atoms with E-state index in [1.165, 1.54) is 31.4 Å².